The maximum Gasteiger partial charge on any atom is 0.271 e. The first-order valence-corrected chi connectivity index (χ1v) is 8.01. The highest BCUT2D eigenvalue weighted by molar-refractivity contribution is 5.91. The van der Waals surface area contributed by atoms with Gasteiger partial charge in [0.2, 0.25) is 5.91 Å². The molecule has 0 aliphatic carbocycles. The average Bonchev–Trinajstić information content (AvgIpc) is 2.99. The van der Waals surface area contributed by atoms with Crippen molar-refractivity contribution >= 4 is 11.8 Å². The van der Waals surface area contributed by atoms with Crippen LogP contribution >= 0.6 is 0 Å². The lowest BCUT2D eigenvalue weighted by Crippen LogP contribution is -2.43. The highest BCUT2D eigenvalue weighted by atomic mass is 16.2. The second kappa shape index (κ2) is 8.01. The minimum absolute atomic E-state index is 0.0105. The summed E-state index contributed by atoms with van der Waals surface area (Å²) in [4.78, 5) is 36.0. The van der Waals surface area contributed by atoms with E-state index in [1.54, 1.807) is 25.2 Å². The lowest BCUT2D eigenvalue weighted by molar-refractivity contribution is -0.133. The number of amides is 2. The normalized spacial score (nSPS) is 18.0. The van der Waals surface area contributed by atoms with Gasteiger partial charge in [-0.3, -0.25) is 19.5 Å². The van der Waals surface area contributed by atoms with Gasteiger partial charge in [0.15, 0.2) is 0 Å². The molecular formula is C16H25N5O2. The fourth-order valence-electron chi connectivity index (χ4n) is 2.76. The van der Waals surface area contributed by atoms with Crippen LogP contribution in [0.3, 0.4) is 0 Å². The molecular weight excluding hydrogens is 294 g/mol. The summed E-state index contributed by atoms with van der Waals surface area (Å²) in [5.41, 5.74) is 1.12. The van der Waals surface area contributed by atoms with Crippen molar-refractivity contribution < 1.29 is 9.59 Å². The van der Waals surface area contributed by atoms with Crippen molar-refractivity contribution in [2.24, 2.45) is 0 Å². The second-order valence-corrected chi connectivity index (χ2v) is 6.08. The fraction of sp³-hybridized carbons (Fsp3) is 0.625. The van der Waals surface area contributed by atoms with Crippen LogP contribution in [0.1, 0.15) is 35.4 Å². The number of nitrogens with zero attached hydrogens (tertiary/aromatic N) is 4. The van der Waals surface area contributed by atoms with Crippen LogP contribution in [0.5, 0.6) is 0 Å². The molecule has 1 aliphatic rings. The Balaban J connectivity index is 1.73. The molecule has 0 saturated carbocycles. The third-order valence-corrected chi connectivity index (χ3v) is 4.01. The largest absolute Gasteiger partial charge is 0.351 e. The van der Waals surface area contributed by atoms with Crippen LogP contribution in [0.15, 0.2) is 12.4 Å². The quantitative estimate of drug-likeness (QED) is 0.771. The van der Waals surface area contributed by atoms with Gasteiger partial charge >= 0.3 is 0 Å². The molecule has 126 valence electrons. The number of rotatable bonds is 6. The lowest BCUT2D eigenvalue weighted by Gasteiger charge is -2.26. The zero-order chi connectivity index (χ0) is 16.8. The Morgan fingerprint density at radius 2 is 2.13 bits per heavy atom. The highest BCUT2D eigenvalue weighted by Gasteiger charge is 2.30. The van der Waals surface area contributed by atoms with Gasteiger partial charge in [0.1, 0.15) is 5.69 Å². The molecule has 1 unspecified atom stereocenters. The van der Waals surface area contributed by atoms with Crippen LogP contribution in [0.2, 0.25) is 0 Å². The van der Waals surface area contributed by atoms with E-state index in [0.29, 0.717) is 12.2 Å². The summed E-state index contributed by atoms with van der Waals surface area (Å²) in [6.07, 6.45) is 5.84. The Morgan fingerprint density at radius 3 is 2.78 bits per heavy atom. The number of carbonyl (C=O) groups is 2. The molecule has 2 heterocycles. The molecule has 1 aliphatic heterocycles. The fourth-order valence-corrected chi connectivity index (χ4v) is 2.76. The van der Waals surface area contributed by atoms with E-state index in [-0.39, 0.29) is 17.9 Å². The first kappa shape index (κ1) is 17.3. The number of carbonyl (C=O) groups excluding carboxylic acids is 2. The van der Waals surface area contributed by atoms with Gasteiger partial charge in [-0.1, -0.05) is 0 Å². The predicted molar refractivity (Wildman–Crippen MR) is 87.0 cm³/mol. The molecule has 2 amide bonds. The van der Waals surface area contributed by atoms with Crippen LogP contribution < -0.4 is 5.32 Å². The Kier molecular flexibility index (Phi) is 6.04. The van der Waals surface area contributed by atoms with E-state index in [9.17, 15) is 9.59 Å². The van der Waals surface area contributed by atoms with Crippen molar-refractivity contribution in [1.29, 1.82) is 0 Å². The third kappa shape index (κ3) is 4.72. The van der Waals surface area contributed by atoms with Crippen molar-refractivity contribution in [1.82, 2.24) is 25.1 Å². The van der Waals surface area contributed by atoms with E-state index in [1.807, 2.05) is 6.92 Å². The summed E-state index contributed by atoms with van der Waals surface area (Å²) in [5, 5.41) is 2.85. The third-order valence-electron chi connectivity index (χ3n) is 4.01. The van der Waals surface area contributed by atoms with Crippen molar-refractivity contribution in [3.63, 3.8) is 0 Å². The first-order chi connectivity index (χ1) is 11.0. The number of likely N-dealkylation sites (N-methyl/N-ethyl adjacent to an activating group) is 1. The standard InChI is InChI=1S/C16H25N5O2/c1-12-10-19-13(11-18-12)15(22)17-7-5-9-21-8-4-6-14(21)16(23)20(2)3/h10-11,14H,4-9H2,1-3H3,(H,17,22). The molecule has 0 bridgehead atoms. The van der Waals surface area contributed by atoms with Gasteiger partial charge < -0.3 is 10.2 Å². The van der Waals surface area contributed by atoms with Gasteiger partial charge in [0.05, 0.1) is 17.9 Å². The van der Waals surface area contributed by atoms with E-state index in [1.165, 1.54) is 6.20 Å². The molecule has 1 aromatic heterocycles. The van der Waals surface area contributed by atoms with Gasteiger partial charge in [-0.2, -0.15) is 0 Å². The number of hydrogen-bond donors (Lipinski definition) is 1. The molecule has 0 aromatic carbocycles. The summed E-state index contributed by atoms with van der Waals surface area (Å²) >= 11 is 0. The van der Waals surface area contributed by atoms with Crippen molar-refractivity contribution in [3.8, 4) is 0 Å². The molecule has 0 spiro atoms. The van der Waals surface area contributed by atoms with E-state index in [0.717, 1.165) is 38.0 Å². The van der Waals surface area contributed by atoms with Gasteiger partial charge in [-0.15, -0.1) is 0 Å². The Labute approximate surface area is 137 Å². The van der Waals surface area contributed by atoms with E-state index in [4.69, 9.17) is 0 Å². The molecule has 0 radical (unpaired) electrons. The maximum atomic E-state index is 12.1. The van der Waals surface area contributed by atoms with Crippen LogP contribution in [0, 0.1) is 6.92 Å². The Bertz CT molecular complexity index is 544. The monoisotopic (exact) mass is 319 g/mol. The summed E-state index contributed by atoms with van der Waals surface area (Å²) < 4.78 is 0. The Morgan fingerprint density at radius 1 is 1.35 bits per heavy atom. The SMILES string of the molecule is Cc1cnc(C(=O)NCCCN2CCCC2C(=O)N(C)C)cn1. The number of aryl methyl sites for hydroxylation is 1. The van der Waals surface area contributed by atoms with Gasteiger partial charge in [0, 0.05) is 33.4 Å². The molecule has 1 atom stereocenters. The summed E-state index contributed by atoms with van der Waals surface area (Å²) in [7, 11) is 3.59. The van der Waals surface area contributed by atoms with E-state index < -0.39 is 0 Å². The summed E-state index contributed by atoms with van der Waals surface area (Å²) in [6.45, 7) is 4.15. The smallest absolute Gasteiger partial charge is 0.271 e. The molecule has 1 fully saturated rings. The predicted octanol–water partition coefficient (Wildman–Crippen LogP) is 0.458. The first-order valence-electron chi connectivity index (χ1n) is 8.01. The van der Waals surface area contributed by atoms with Crippen molar-refractivity contribution in [2.75, 3.05) is 33.7 Å². The Hall–Kier alpha value is -2.02. The summed E-state index contributed by atoms with van der Waals surface area (Å²) in [6, 6.07) is -0.0105. The highest BCUT2D eigenvalue weighted by Crippen LogP contribution is 2.18. The van der Waals surface area contributed by atoms with Crippen LogP contribution in [-0.2, 0) is 4.79 Å². The average molecular weight is 319 g/mol. The van der Waals surface area contributed by atoms with E-state index in [2.05, 4.69) is 20.2 Å². The number of aromatic nitrogens is 2. The minimum Gasteiger partial charge on any atom is -0.351 e. The van der Waals surface area contributed by atoms with Crippen LogP contribution in [0.25, 0.3) is 0 Å². The zero-order valence-electron chi connectivity index (χ0n) is 14.1. The topological polar surface area (TPSA) is 78.4 Å². The number of likely N-dealkylation sites (tertiary alicyclic amines) is 1. The number of nitrogens with one attached hydrogen (secondary N) is 1. The van der Waals surface area contributed by atoms with Crippen molar-refractivity contribution in [3.05, 3.63) is 23.8 Å². The lowest BCUT2D eigenvalue weighted by atomic mass is 10.2. The van der Waals surface area contributed by atoms with Crippen LogP contribution in [0.4, 0.5) is 0 Å². The summed E-state index contributed by atoms with van der Waals surface area (Å²) in [5.74, 6) is -0.0405. The molecule has 7 nitrogen and oxygen atoms in total. The van der Waals surface area contributed by atoms with E-state index >= 15 is 0 Å². The van der Waals surface area contributed by atoms with Gasteiger partial charge in [-0.25, -0.2) is 4.98 Å². The molecule has 7 heteroatoms. The van der Waals surface area contributed by atoms with Gasteiger partial charge in [-0.05, 0) is 32.7 Å². The molecule has 1 N–H and O–H groups in total. The van der Waals surface area contributed by atoms with Crippen molar-refractivity contribution in [2.45, 2.75) is 32.2 Å². The molecule has 1 saturated heterocycles. The van der Waals surface area contributed by atoms with Gasteiger partial charge in [0.25, 0.3) is 5.91 Å². The molecule has 1 aromatic rings. The minimum atomic E-state index is -0.208. The molecule has 2 rings (SSSR count). The number of hydrogen-bond acceptors (Lipinski definition) is 5. The van der Waals surface area contributed by atoms with Crippen LogP contribution in [-0.4, -0.2) is 71.4 Å². The maximum absolute atomic E-state index is 12.1. The zero-order valence-corrected chi connectivity index (χ0v) is 14.1. The molecule has 23 heavy (non-hydrogen) atoms. The second-order valence-electron chi connectivity index (χ2n) is 6.08.